The zero-order valence-electron chi connectivity index (χ0n) is 14.5. The Hall–Kier alpha value is -0.0969. The van der Waals surface area contributed by atoms with Crippen molar-refractivity contribution in [2.75, 3.05) is 0 Å². The molecule has 0 aliphatic heterocycles. The molecule has 0 aromatic heterocycles. The Balaban J connectivity index is 0.000000647. The molecule has 3 heteroatoms. The number of benzene rings is 2. The van der Waals surface area contributed by atoms with Crippen LogP contribution in [0.3, 0.4) is 0 Å². The number of hydrogen-bond donors (Lipinski definition) is 0. The Morgan fingerprint density at radius 3 is 1.54 bits per heavy atom. The Labute approximate surface area is 165 Å². The molecule has 0 N–H and O–H groups in total. The maximum absolute atomic E-state index is 4.93. The van der Waals surface area contributed by atoms with Crippen molar-refractivity contribution < 1.29 is 20.8 Å². The first-order valence-corrected chi connectivity index (χ1v) is 15.1. The van der Waals surface area contributed by atoms with E-state index in [1.54, 1.807) is 0 Å². The van der Waals surface area contributed by atoms with Gasteiger partial charge in [0.15, 0.2) is 0 Å². The normalized spacial score (nSPS) is 11.3. The van der Waals surface area contributed by atoms with Crippen LogP contribution in [0.5, 0.6) is 0 Å². The maximum atomic E-state index is 4.93. The van der Waals surface area contributed by atoms with E-state index in [-0.39, 0.29) is 0 Å². The molecule has 0 fully saturated rings. The second kappa shape index (κ2) is 10.8. The fourth-order valence-electron chi connectivity index (χ4n) is 3.19. The first-order chi connectivity index (χ1) is 11.7. The van der Waals surface area contributed by atoms with E-state index in [9.17, 15) is 0 Å². The molecule has 1 radical (unpaired) electrons. The van der Waals surface area contributed by atoms with Crippen molar-refractivity contribution in [1.82, 2.24) is 0 Å². The molecule has 0 unspecified atom stereocenters. The number of aryl methyl sites for hydroxylation is 2. The molecule has 2 aromatic rings. The van der Waals surface area contributed by atoms with E-state index in [1.807, 2.05) is 0 Å². The molecule has 24 heavy (non-hydrogen) atoms. The molecule has 0 bridgehead atoms. The second-order valence-electron chi connectivity index (χ2n) is 6.27. The van der Waals surface area contributed by atoms with Crippen molar-refractivity contribution in [3.05, 3.63) is 65.1 Å². The van der Waals surface area contributed by atoms with Gasteiger partial charge in [-0.1, -0.05) is 63.1 Å². The van der Waals surface area contributed by atoms with E-state index in [4.69, 9.17) is 17.0 Å². The number of halogens is 2. The van der Waals surface area contributed by atoms with Crippen molar-refractivity contribution >= 4 is 17.0 Å². The monoisotopic (exact) mass is 437 g/mol. The van der Waals surface area contributed by atoms with E-state index >= 15 is 0 Å². The SMILES string of the molecule is CCCCc1ccc2c(c1)[CH]c1cc(CCCC)ccc1-2.[Cl][Zr][Cl]. The minimum atomic E-state index is -0.826. The average Bonchev–Trinajstić information content (AvgIpc) is 2.95. The van der Waals surface area contributed by atoms with Crippen LogP contribution in [0, 0.1) is 6.42 Å². The van der Waals surface area contributed by atoms with Gasteiger partial charge in [0.2, 0.25) is 0 Å². The molecule has 0 saturated carbocycles. The van der Waals surface area contributed by atoms with Gasteiger partial charge in [0, 0.05) is 6.42 Å². The first-order valence-electron chi connectivity index (χ1n) is 8.80. The van der Waals surface area contributed by atoms with Gasteiger partial charge in [-0.25, -0.2) is 0 Å². The van der Waals surface area contributed by atoms with E-state index in [0.717, 1.165) is 0 Å². The van der Waals surface area contributed by atoms with Crippen LogP contribution < -0.4 is 0 Å². The Morgan fingerprint density at radius 2 is 1.17 bits per heavy atom. The molecular weight excluding hydrogens is 414 g/mol. The molecule has 0 nitrogen and oxygen atoms in total. The molecule has 0 spiro atoms. The summed E-state index contributed by atoms with van der Waals surface area (Å²) < 4.78 is 0. The van der Waals surface area contributed by atoms with E-state index < -0.39 is 20.8 Å². The summed E-state index contributed by atoms with van der Waals surface area (Å²) >= 11 is -0.826. The summed E-state index contributed by atoms with van der Waals surface area (Å²) in [6.45, 7) is 4.51. The van der Waals surface area contributed by atoms with Crippen molar-refractivity contribution in [1.29, 1.82) is 0 Å². The topological polar surface area (TPSA) is 0 Å². The van der Waals surface area contributed by atoms with Crippen molar-refractivity contribution in [3.63, 3.8) is 0 Å². The molecule has 2 aromatic carbocycles. The summed E-state index contributed by atoms with van der Waals surface area (Å²) in [7, 11) is 9.87. The molecular formula is C21H25Cl2Zr. The van der Waals surface area contributed by atoms with Gasteiger partial charge >= 0.3 is 37.9 Å². The molecule has 0 atom stereocenters. The van der Waals surface area contributed by atoms with Crippen LogP contribution in [-0.4, -0.2) is 0 Å². The number of fused-ring (bicyclic) bond motifs is 3. The third-order valence-corrected chi connectivity index (χ3v) is 4.47. The van der Waals surface area contributed by atoms with E-state index in [0.29, 0.717) is 0 Å². The van der Waals surface area contributed by atoms with Crippen LogP contribution in [0.15, 0.2) is 36.4 Å². The summed E-state index contributed by atoms with van der Waals surface area (Å²) in [5, 5.41) is 0. The van der Waals surface area contributed by atoms with Gasteiger partial charge in [0.1, 0.15) is 0 Å². The van der Waals surface area contributed by atoms with Gasteiger partial charge in [-0.3, -0.25) is 0 Å². The van der Waals surface area contributed by atoms with Crippen LogP contribution in [0.25, 0.3) is 11.1 Å². The van der Waals surface area contributed by atoms with Gasteiger partial charge in [0.25, 0.3) is 0 Å². The van der Waals surface area contributed by atoms with Crippen LogP contribution in [0.1, 0.15) is 61.8 Å². The molecule has 127 valence electrons. The van der Waals surface area contributed by atoms with Gasteiger partial charge in [-0.15, -0.1) is 0 Å². The minimum absolute atomic E-state index is 0.826. The summed E-state index contributed by atoms with van der Waals surface area (Å²) in [5.74, 6) is 0. The van der Waals surface area contributed by atoms with Crippen molar-refractivity contribution in [2.45, 2.75) is 52.4 Å². The molecule has 1 aliphatic rings. The molecule has 0 saturated heterocycles. The molecule has 1 aliphatic carbocycles. The average molecular weight is 440 g/mol. The van der Waals surface area contributed by atoms with Gasteiger partial charge in [-0.2, -0.15) is 0 Å². The predicted octanol–water partition coefficient (Wildman–Crippen LogP) is 7.33. The second-order valence-corrected chi connectivity index (χ2v) is 10.00. The van der Waals surface area contributed by atoms with Gasteiger partial charge < -0.3 is 0 Å². The summed E-state index contributed by atoms with van der Waals surface area (Å²) in [6, 6.07) is 14.0. The Kier molecular flexibility index (Phi) is 9.09. The third kappa shape index (κ3) is 5.45. The van der Waals surface area contributed by atoms with E-state index in [1.165, 1.54) is 71.9 Å². The standard InChI is InChI=1S/C21H25.2ClH.Zr/c1-3-5-7-16-9-11-20-18(13-16)15-19-14-17(8-6-4-2)10-12-21(19)20;;;/h9-15H,3-8H2,1-2H3;2*1H;/q;;;+2/p-2. The fraction of sp³-hybridized carbons (Fsp3) is 0.381. The molecule has 0 amide bonds. The first kappa shape index (κ1) is 20.2. The fourth-order valence-corrected chi connectivity index (χ4v) is 3.19. The van der Waals surface area contributed by atoms with Crippen molar-refractivity contribution in [3.8, 4) is 11.1 Å². The van der Waals surface area contributed by atoms with Crippen LogP contribution >= 0.6 is 17.0 Å². The summed E-state index contributed by atoms with van der Waals surface area (Å²) in [4.78, 5) is 0. The molecule has 0 heterocycles. The van der Waals surface area contributed by atoms with Crippen LogP contribution in [0.4, 0.5) is 0 Å². The Morgan fingerprint density at radius 1 is 0.750 bits per heavy atom. The number of unbranched alkanes of at least 4 members (excludes halogenated alkanes) is 2. The van der Waals surface area contributed by atoms with Crippen LogP contribution in [0.2, 0.25) is 0 Å². The Bertz CT molecular complexity index is 597. The number of rotatable bonds is 6. The van der Waals surface area contributed by atoms with Crippen molar-refractivity contribution in [2.24, 2.45) is 0 Å². The summed E-state index contributed by atoms with van der Waals surface area (Å²) in [6.07, 6.45) is 9.88. The summed E-state index contributed by atoms with van der Waals surface area (Å²) in [5.41, 5.74) is 8.59. The number of hydrogen-bond acceptors (Lipinski definition) is 0. The van der Waals surface area contributed by atoms with Gasteiger partial charge in [0.05, 0.1) is 0 Å². The third-order valence-electron chi connectivity index (χ3n) is 4.47. The molecule has 3 rings (SSSR count). The zero-order valence-corrected chi connectivity index (χ0v) is 18.5. The van der Waals surface area contributed by atoms with Gasteiger partial charge in [-0.05, 0) is 59.1 Å². The predicted molar refractivity (Wildman–Crippen MR) is 103 cm³/mol. The quantitative estimate of drug-likeness (QED) is 0.377. The van der Waals surface area contributed by atoms with E-state index in [2.05, 4.69) is 56.7 Å². The van der Waals surface area contributed by atoms with Crippen LogP contribution in [-0.2, 0) is 33.7 Å². The zero-order chi connectivity index (χ0) is 17.4.